The molecule has 0 saturated heterocycles. The van der Waals surface area contributed by atoms with Gasteiger partial charge in [-0.1, -0.05) is 59.9 Å². The molecule has 1 unspecified atom stereocenters. The van der Waals surface area contributed by atoms with E-state index in [0.29, 0.717) is 15.9 Å². The zero-order valence-corrected chi connectivity index (χ0v) is 16.9. The quantitative estimate of drug-likeness (QED) is 0.514. The minimum atomic E-state index is -0.408. The Bertz CT molecular complexity index is 1450. The molecule has 0 saturated carbocycles. The highest BCUT2D eigenvalue weighted by molar-refractivity contribution is 7.15. The number of fused-ring (bicyclic) bond motifs is 2. The Morgan fingerprint density at radius 1 is 1.10 bits per heavy atom. The highest BCUT2D eigenvalue weighted by Gasteiger charge is 2.18. The highest BCUT2D eigenvalue weighted by atomic mass is 32.1. The molecule has 6 nitrogen and oxygen atoms in total. The average Bonchev–Trinajstić information content (AvgIpc) is 3.04. The van der Waals surface area contributed by atoms with E-state index >= 15 is 0 Å². The highest BCUT2D eigenvalue weighted by Crippen LogP contribution is 2.29. The van der Waals surface area contributed by atoms with Crippen LogP contribution in [0.2, 0.25) is 0 Å². The van der Waals surface area contributed by atoms with Crippen LogP contribution in [0.3, 0.4) is 0 Å². The fourth-order valence-electron chi connectivity index (χ4n) is 3.41. The molecule has 0 bridgehead atoms. The number of rotatable bonds is 3. The maximum atomic E-state index is 12.9. The first-order valence-corrected chi connectivity index (χ1v) is 10.4. The standard InChI is InChI=1S/C23H17N3O3S/c1-14-17(12-16-9-5-6-10-19(16)29-14)13-20-22(28)26-23(30-20)24-21(27)18(25-26)11-15-7-3-2-4-8-15/h2-10,12-14H,11H2,1H3/b20-13-. The van der Waals surface area contributed by atoms with Crippen LogP contribution in [-0.4, -0.2) is 20.7 Å². The number of para-hydroxylation sites is 1. The largest absolute Gasteiger partial charge is 0.485 e. The van der Waals surface area contributed by atoms with Gasteiger partial charge in [-0.05, 0) is 36.3 Å². The van der Waals surface area contributed by atoms with Crippen LogP contribution in [0.25, 0.3) is 17.1 Å². The lowest BCUT2D eigenvalue weighted by atomic mass is 10.0. The van der Waals surface area contributed by atoms with Crippen molar-refractivity contribution < 1.29 is 4.74 Å². The van der Waals surface area contributed by atoms with Gasteiger partial charge in [0.2, 0.25) is 4.96 Å². The third-order valence-corrected chi connectivity index (χ3v) is 5.94. The number of hydrogen-bond donors (Lipinski definition) is 0. The molecule has 0 radical (unpaired) electrons. The Morgan fingerprint density at radius 2 is 1.87 bits per heavy atom. The summed E-state index contributed by atoms with van der Waals surface area (Å²) in [6.07, 6.45) is 3.94. The van der Waals surface area contributed by atoms with Crippen molar-refractivity contribution in [2.24, 2.45) is 0 Å². The summed E-state index contributed by atoms with van der Waals surface area (Å²) < 4.78 is 7.64. The van der Waals surface area contributed by atoms with Crippen molar-refractivity contribution in [1.82, 2.24) is 14.6 Å². The number of ether oxygens (including phenoxy) is 1. The SMILES string of the molecule is CC1Oc2ccccc2C=C1/C=c1\sc2nc(=O)c(Cc3ccccc3)nn2c1=O. The van der Waals surface area contributed by atoms with Gasteiger partial charge in [-0.2, -0.15) is 14.6 Å². The van der Waals surface area contributed by atoms with Crippen LogP contribution < -0.4 is 20.4 Å². The van der Waals surface area contributed by atoms with Crippen LogP contribution in [0.1, 0.15) is 23.7 Å². The second-order valence-corrected chi connectivity index (χ2v) is 8.09. The predicted molar refractivity (Wildman–Crippen MR) is 117 cm³/mol. The fraction of sp³-hybridized carbons (Fsp3) is 0.130. The molecule has 2 aromatic heterocycles. The van der Waals surface area contributed by atoms with Crippen LogP contribution in [-0.2, 0) is 6.42 Å². The van der Waals surface area contributed by atoms with Gasteiger partial charge in [-0.3, -0.25) is 9.59 Å². The first-order valence-electron chi connectivity index (χ1n) is 9.54. The topological polar surface area (TPSA) is 73.6 Å². The molecule has 3 heterocycles. The van der Waals surface area contributed by atoms with Gasteiger partial charge < -0.3 is 4.74 Å². The van der Waals surface area contributed by atoms with Crippen LogP contribution in [0.5, 0.6) is 5.75 Å². The average molecular weight is 415 g/mol. The molecule has 2 aromatic carbocycles. The van der Waals surface area contributed by atoms with Crippen molar-refractivity contribution in [3.8, 4) is 5.75 Å². The van der Waals surface area contributed by atoms with Crippen LogP contribution in [0.4, 0.5) is 0 Å². The molecule has 4 aromatic rings. The Balaban J connectivity index is 1.60. The minimum Gasteiger partial charge on any atom is -0.485 e. The molecule has 1 aliphatic heterocycles. The summed E-state index contributed by atoms with van der Waals surface area (Å²) >= 11 is 1.15. The molecule has 5 rings (SSSR count). The van der Waals surface area contributed by atoms with Crippen molar-refractivity contribution >= 4 is 28.4 Å². The zero-order valence-electron chi connectivity index (χ0n) is 16.1. The summed E-state index contributed by atoms with van der Waals surface area (Å²) in [7, 11) is 0. The Kier molecular flexibility index (Phi) is 4.52. The lowest BCUT2D eigenvalue weighted by Crippen LogP contribution is -2.29. The molecule has 0 fully saturated rings. The molecule has 1 aliphatic rings. The smallest absolute Gasteiger partial charge is 0.296 e. The van der Waals surface area contributed by atoms with E-state index in [-0.39, 0.29) is 17.4 Å². The van der Waals surface area contributed by atoms with E-state index in [9.17, 15) is 9.59 Å². The Labute approximate surface area is 175 Å². The summed E-state index contributed by atoms with van der Waals surface area (Å²) in [6, 6.07) is 17.3. The van der Waals surface area contributed by atoms with Crippen molar-refractivity contribution in [2.75, 3.05) is 0 Å². The molecule has 0 amide bonds. The molecule has 7 heteroatoms. The summed E-state index contributed by atoms with van der Waals surface area (Å²) in [5.41, 5.74) is 2.34. The molecular formula is C23H17N3O3S. The Morgan fingerprint density at radius 3 is 2.70 bits per heavy atom. The summed E-state index contributed by atoms with van der Waals surface area (Å²) in [6.45, 7) is 1.94. The van der Waals surface area contributed by atoms with Gasteiger partial charge >= 0.3 is 0 Å². The maximum Gasteiger partial charge on any atom is 0.296 e. The van der Waals surface area contributed by atoms with Gasteiger partial charge in [0, 0.05) is 12.0 Å². The van der Waals surface area contributed by atoms with Crippen LogP contribution >= 0.6 is 11.3 Å². The zero-order chi connectivity index (χ0) is 20.7. The first-order chi connectivity index (χ1) is 14.6. The fourth-order valence-corrected chi connectivity index (χ4v) is 4.32. The van der Waals surface area contributed by atoms with E-state index in [1.54, 1.807) is 6.08 Å². The minimum absolute atomic E-state index is 0.195. The molecular weight excluding hydrogens is 398 g/mol. The molecule has 30 heavy (non-hydrogen) atoms. The van der Waals surface area contributed by atoms with Gasteiger partial charge in [0.25, 0.3) is 11.1 Å². The van der Waals surface area contributed by atoms with Gasteiger partial charge in [-0.25, -0.2) is 0 Å². The second-order valence-electron chi connectivity index (χ2n) is 7.08. The van der Waals surface area contributed by atoms with E-state index in [2.05, 4.69) is 10.1 Å². The predicted octanol–water partition coefficient (Wildman–Crippen LogP) is 2.47. The molecule has 148 valence electrons. The number of benzene rings is 2. The van der Waals surface area contributed by atoms with E-state index in [1.165, 1.54) is 4.52 Å². The van der Waals surface area contributed by atoms with Crippen molar-refractivity contribution in [3.63, 3.8) is 0 Å². The van der Waals surface area contributed by atoms with Crippen molar-refractivity contribution in [2.45, 2.75) is 19.4 Å². The van der Waals surface area contributed by atoms with Gasteiger partial charge in [0.1, 0.15) is 17.5 Å². The Hall–Kier alpha value is -3.58. The van der Waals surface area contributed by atoms with Crippen LogP contribution in [0, 0.1) is 0 Å². The maximum absolute atomic E-state index is 12.9. The number of aromatic nitrogens is 3. The summed E-state index contributed by atoms with van der Waals surface area (Å²) in [5.74, 6) is 0.820. The number of nitrogens with zero attached hydrogens (tertiary/aromatic N) is 3. The number of thiazole rings is 1. The second kappa shape index (κ2) is 7.35. The van der Waals surface area contributed by atoms with Gasteiger partial charge in [-0.15, -0.1) is 0 Å². The molecule has 0 aliphatic carbocycles. The van der Waals surface area contributed by atoms with Crippen molar-refractivity contribution in [1.29, 1.82) is 0 Å². The van der Waals surface area contributed by atoms with E-state index in [4.69, 9.17) is 4.74 Å². The van der Waals surface area contributed by atoms with E-state index in [0.717, 1.165) is 33.8 Å². The summed E-state index contributed by atoms with van der Waals surface area (Å²) in [5, 5.41) is 4.31. The molecule has 0 spiro atoms. The molecule has 0 N–H and O–H groups in total. The first kappa shape index (κ1) is 18.4. The molecule has 1 atom stereocenters. The number of hydrogen-bond acceptors (Lipinski definition) is 6. The normalized spacial score (nSPS) is 16.2. The van der Waals surface area contributed by atoms with Crippen molar-refractivity contribution in [3.05, 3.63) is 102 Å². The van der Waals surface area contributed by atoms with E-state index in [1.807, 2.05) is 67.6 Å². The lowest BCUT2D eigenvalue weighted by Gasteiger charge is -2.22. The third kappa shape index (κ3) is 3.33. The lowest BCUT2D eigenvalue weighted by molar-refractivity contribution is 0.259. The van der Waals surface area contributed by atoms with Crippen LogP contribution in [0.15, 0.2) is 69.8 Å². The van der Waals surface area contributed by atoms with Gasteiger partial charge in [0.15, 0.2) is 0 Å². The third-order valence-electron chi connectivity index (χ3n) is 4.98. The summed E-state index contributed by atoms with van der Waals surface area (Å²) in [4.78, 5) is 29.7. The monoisotopic (exact) mass is 415 g/mol. The van der Waals surface area contributed by atoms with Gasteiger partial charge in [0.05, 0.1) is 4.53 Å². The van der Waals surface area contributed by atoms with E-state index < -0.39 is 5.56 Å².